The second-order valence-electron chi connectivity index (χ2n) is 3.25. The average Bonchev–Trinajstić information content (AvgIpc) is 2.58. The molecule has 7 heteroatoms. The van der Waals surface area contributed by atoms with Gasteiger partial charge in [-0.15, -0.1) is 0 Å². The number of nitrogens with one attached hydrogen (secondary N) is 1. The van der Waals surface area contributed by atoms with Crippen LogP contribution in [-0.4, -0.2) is 35.8 Å². The van der Waals surface area contributed by atoms with Crippen molar-refractivity contribution in [3.8, 4) is 0 Å². The van der Waals surface area contributed by atoms with Gasteiger partial charge in [0.25, 0.3) is 0 Å². The number of likely N-dealkylation sites (tertiary alicyclic amines) is 1. The van der Waals surface area contributed by atoms with Crippen LogP contribution in [-0.2, 0) is 49.2 Å². The molecule has 0 aromatic heterocycles. The number of hydrogen-bond acceptors (Lipinski definition) is 2. The second kappa shape index (κ2) is 23.5. The van der Waals surface area contributed by atoms with E-state index in [1.165, 1.54) is 11.3 Å². The minimum Gasteiger partial charge on any atom is -0.545 e. The zero-order valence-electron chi connectivity index (χ0n) is 14.4. The quantitative estimate of drug-likeness (QED) is 0.355. The molecule has 3 atom stereocenters. The van der Waals surface area contributed by atoms with E-state index in [-0.39, 0.29) is 112 Å². The van der Waals surface area contributed by atoms with E-state index in [1.54, 1.807) is 0 Å². The number of hydrogen-bond donors (Lipinski definition) is 1. The number of rotatable bonds is 4. The Labute approximate surface area is 184 Å². The van der Waals surface area contributed by atoms with E-state index in [0.29, 0.717) is 12.8 Å². The summed E-state index contributed by atoms with van der Waals surface area (Å²) < 4.78 is 7.70. The first-order chi connectivity index (χ1) is 7.11. The van der Waals surface area contributed by atoms with Gasteiger partial charge in [-0.1, -0.05) is 6.04 Å². The number of nitrogens with zero attached hydrogens (tertiary/aromatic N) is 1. The maximum atomic E-state index is 11.8. The van der Waals surface area contributed by atoms with Gasteiger partial charge < -0.3 is 58.6 Å². The van der Waals surface area contributed by atoms with Crippen molar-refractivity contribution < 1.29 is 81.7 Å². The molecule has 21 heavy (non-hydrogen) atoms. The number of carbonyl (C=O) groups is 1. The predicted molar refractivity (Wildman–Crippen MR) is 78.3 cm³/mol. The Bertz CT molecular complexity index is 267. The molecule has 123 valence electrons. The SMILES string of the molecule is [3H]C1CC[C@H](C[CH2-])N1C(=O)[C@H]([CH2-])N[C-]=O.[CH3-].[CH3-].[CH3-].[CH3-].[U+2].[V+2].[W]. The molecule has 1 aliphatic heterocycles. The van der Waals surface area contributed by atoms with Gasteiger partial charge in [-0.3, -0.25) is 4.79 Å². The molecule has 0 aliphatic carbocycles. The van der Waals surface area contributed by atoms with Crippen molar-refractivity contribution >= 4 is 12.3 Å². The minimum atomic E-state index is -0.859. The first kappa shape index (κ1) is 38.1. The molecule has 2 amide bonds. The van der Waals surface area contributed by atoms with Crippen molar-refractivity contribution in [1.29, 1.82) is 0 Å². The van der Waals surface area contributed by atoms with Crippen LogP contribution >= 0.6 is 0 Å². The van der Waals surface area contributed by atoms with Crippen LogP contribution in [0.5, 0.6) is 0 Å². The molecule has 4 nitrogen and oxygen atoms in total. The van der Waals surface area contributed by atoms with Crippen LogP contribution in [0.3, 0.4) is 0 Å². The molecule has 0 bridgehead atoms. The third-order valence-corrected chi connectivity index (χ3v) is 2.34. The molecule has 0 aromatic rings. The maximum absolute atomic E-state index is 11.8. The summed E-state index contributed by atoms with van der Waals surface area (Å²) >= 11 is 0. The van der Waals surface area contributed by atoms with E-state index in [0.717, 1.165) is 6.42 Å². The zero-order chi connectivity index (χ0) is 11.4. The van der Waals surface area contributed by atoms with Crippen LogP contribution < -0.4 is 5.32 Å². The first-order valence-electron chi connectivity index (χ1n) is 5.19. The average molecular weight is 730 g/mol. The molecule has 1 radical (unpaired) electrons. The predicted octanol–water partition coefficient (Wildman–Crippen LogP) is 1.86. The molecule has 1 N–H and O–H groups in total. The smallest absolute Gasteiger partial charge is 0.545 e. The van der Waals surface area contributed by atoms with Gasteiger partial charge in [0.05, 0.1) is 0 Å². The summed E-state index contributed by atoms with van der Waals surface area (Å²) in [6.45, 7) is 6.71. The van der Waals surface area contributed by atoms with E-state index in [9.17, 15) is 9.59 Å². The van der Waals surface area contributed by atoms with Crippen LogP contribution in [0.25, 0.3) is 0 Å². The number of amides is 2. The second-order valence-corrected chi connectivity index (χ2v) is 3.25. The van der Waals surface area contributed by atoms with Gasteiger partial charge in [0, 0.05) is 35.0 Å². The summed E-state index contributed by atoms with van der Waals surface area (Å²) in [6.07, 6.45) is 3.46. The van der Waals surface area contributed by atoms with Crippen molar-refractivity contribution in [2.45, 2.75) is 31.3 Å². The third kappa shape index (κ3) is 13.4. The number of carbonyl (C=O) groups excluding carboxylic acids is 2. The largest absolute Gasteiger partial charge is 2.00 e. The van der Waals surface area contributed by atoms with Gasteiger partial charge in [-0.25, -0.2) is 0 Å². The molecule has 1 fully saturated rings. The van der Waals surface area contributed by atoms with Crippen LogP contribution in [0.15, 0.2) is 0 Å². The van der Waals surface area contributed by atoms with Crippen molar-refractivity contribution in [2.75, 3.05) is 6.52 Å². The summed E-state index contributed by atoms with van der Waals surface area (Å²) in [5.74, 6) is -0.329. The molecular weight excluding hydrogens is 701 g/mol. The molecule has 1 aliphatic rings. The zero-order valence-corrected chi connectivity index (χ0v) is 21.9. The van der Waals surface area contributed by atoms with Crippen molar-refractivity contribution in [2.24, 2.45) is 0 Å². The molecule has 0 aromatic carbocycles. The topological polar surface area (TPSA) is 49.4 Å². The normalized spacial score (nSPS) is 19.7. The van der Waals surface area contributed by atoms with Gasteiger partial charge in [0.2, 0.25) is 5.91 Å². The van der Waals surface area contributed by atoms with E-state index < -0.39 is 12.6 Å². The Hall–Kier alpha value is 1.26. The van der Waals surface area contributed by atoms with E-state index in [2.05, 4.69) is 19.2 Å². The Morgan fingerprint density at radius 1 is 1.43 bits per heavy atom. The van der Waals surface area contributed by atoms with E-state index >= 15 is 0 Å². The Balaban J connectivity index is -0.0000000643. The standard InChI is InChI=1S/C10H15N2O2.4CH3.U.V.W/c1-3-9-5-4-6-12(9)10(14)8(2)11-7-13;;;;;;;/h8-9H,1-6H2,(H,11,13);4*1H3;;;/q-3;4*-1;2*+2;/t8-,9-;;;;;;;/m0......./s1/i6T;;;;;;;/t6?,8-,9-;;;;;;;. The van der Waals surface area contributed by atoms with Crippen LogP contribution in [0.1, 0.15) is 20.6 Å². The molecule has 1 rings (SSSR count). The molecule has 1 unspecified atom stereocenters. The Morgan fingerprint density at radius 2 is 1.90 bits per heavy atom. The van der Waals surface area contributed by atoms with Gasteiger partial charge in [-0.05, 0) is 12.8 Å². The fourth-order valence-electron chi connectivity index (χ4n) is 1.56. The van der Waals surface area contributed by atoms with Crippen LogP contribution in [0.2, 0.25) is 0 Å². The molecule has 1 saturated heterocycles. The van der Waals surface area contributed by atoms with Gasteiger partial charge in [0.15, 0.2) is 0 Å². The Morgan fingerprint density at radius 3 is 2.29 bits per heavy atom. The summed E-state index contributed by atoms with van der Waals surface area (Å²) in [4.78, 5) is 23.3. The summed E-state index contributed by atoms with van der Waals surface area (Å²) in [6, 6.07) is -0.861. The fraction of sp³-hybridized carbons (Fsp3) is 0.429. The molecule has 0 saturated carbocycles. The maximum Gasteiger partial charge on any atom is 2.00 e. The van der Waals surface area contributed by atoms with Gasteiger partial charge in [-0.2, -0.15) is 12.8 Å². The van der Waals surface area contributed by atoms with Crippen molar-refractivity contribution in [3.05, 3.63) is 43.6 Å². The van der Waals surface area contributed by atoms with Crippen molar-refractivity contribution in [3.63, 3.8) is 0 Å². The monoisotopic (exact) mass is 730 g/mol. The van der Waals surface area contributed by atoms with Crippen LogP contribution in [0.4, 0.5) is 0 Å². The molecular formula is C14H27N2O2UVW-3. The summed E-state index contributed by atoms with van der Waals surface area (Å²) in [7, 11) is 0. The molecule has 1 heterocycles. The van der Waals surface area contributed by atoms with Gasteiger partial charge in [0.1, 0.15) is 0 Å². The minimum absolute atomic E-state index is 0. The summed E-state index contributed by atoms with van der Waals surface area (Å²) in [5, 5.41) is 2.18. The van der Waals surface area contributed by atoms with E-state index in [4.69, 9.17) is 1.37 Å². The Kier molecular flexibility index (Phi) is 42.6. The van der Waals surface area contributed by atoms with Crippen LogP contribution in [0, 0.1) is 74.7 Å². The van der Waals surface area contributed by atoms with Gasteiger partial charge >= 0.3 is 49.7 Å². The van der Waals surface area contributed by atoms with Crippen molar-refractivity contribution in [1.82, 2.24) is 10.2 Å². The molecule has 0 spiro atoms. The first-order valence-corrected chi connectivity index (χ1v) is 4.61. The fourth-order valence-corrected chi connectivity index (χ4v) is 1.56. The van der Waals surface area contributed by atoms with E-state index in [1.807, 2.05) is 0 Å². The summed E-state index contributed by atoms with van der Waals surface area (Å²) in [5.41, 5.74) is 0. The third-order valence-electron chi connectivity index (χ3n) is 2.34.